The van der Waals surface area contributed by atoms with E-state index in [1.807, 2.05) is 4.90 Å². The quantitative estimate of drug-likeness (QED) is 0.914. The highest BCUT2D eigenvalue weighted by atomic mass is 32.1. The summed E-state index contributed by atoms with van der Waals surface area (Å²) in [5.41, 5.74) is 7.51. The first-order valence-corrected chi connectivity index (χ1v) is 7.61. The van der Waals surface area contributed by atoms with Crippen molar-refractivity contribution in [2.75, 3.05) is 6.54 Å². The molecule has 0 radical (unpaired) electrons. The molecule has 2 N–H and O–H groups in total. The van der Waals surface area contributed by atoms with Gasteiger partial charge in [-0.2, -0.15) is 11.3 Å². The van der Waals surface area contributed by atoms with E-state index in [9.17, 15) is 4.79 Å². The summed E-state index contributed by atoms with van der Waals surface area (Å²) >= 11 is 1.67. The minimum atomic E-state index is 0.0600. The number of nitrogens with two attached hydrogens (primary N) is 1. The number of amides is 1. The summed E-state index contributed by atoms with van der Waals surface area (Å²) in [5.74, 6) is 0.730. The van der Waals surface area contributed by atoms with Gasteiger partial charge in [-0.25, -0.2) is 0 Å². The lowest BCUT2D eigenvalue weighted by Crippen LogP contribution is -2.43. The molecule has 2 heterocycles. The van der Waals surface area contributed by atoms with E-state index in [0.717, 1.165) is 19.4 Å². The van der Waals surface area contributed by atoms with Gasteiger partial charge >= 0.3 is 0 Å². The largest absolute Gasteiger partial charge is 0.334 e. The van der Waals surface area contributed by atoms with Gasteiger partial charge in [-0.05, 0) is 41.1 Å². The Balaban J connectivity index is 2.30. The van der Waals surface area contributed by atoms with Gasteiger partial charge in [-0.3, -0.25) is 4.79 Å². The second-order valence-electron chi connectivity index (χ2n) is 5.50. The van der Waals surface area contributed by atoms with Gasteiger partial charge in [0.15, 0.2) is 0 Å². The third-order valence-corrected chi connectivity index (χ3v) is 4.14. The van der Waals surface area contributed by atoms with E-state index in [4.69, 9.17) is 5.73 Å². The molecule has 1 saturated heterocycles. The van der Waals surface area contributed by atoms with Crippen molar-refractivity contribution in [2.24, 2.45) is 11.7 Å². The van der Waals surface area contributed by atoms with Gasteiger partial charge in [0.05, 0.1) is 6.04 Å². The lowest BCUT2D eigenvalue weighted by Gasteiger charge is -2.34. The second kappa shape index (κ2) is 5.85. The van der Waals surface area contributed by atoms with Crippen molar-refractivity contribution in [1.82, 2.24) is 4.90 Å². The molecule has 18 heavy (non-hydrogen) atoms. The molecule has 1 aromatic heterocycles. The molecule has 1 fully saturated rings. The molecule has 0 spiro atoms. The third kappa shape index (κ3) is 2.93. The summed E-state index contributed by atoms with van der Waals surface area (Å²) in [6, 6.07) is 2.22. The van der Waals surface area contributed by atoms with Gasteiger partial charge in [-0.15, -0.1) is 0 Å². The highest BCUT2D eigenvalue weighted by molar-refractivity contribution is 7.08. The van der Waals surface area contributed by atoms with Crippen molar-refractivity contribution in [1.29, 1.82) is 0 Å². The van der Waals surface area contributed by atoms with Gasteiger partial charge < -0.3 is 10.6 Å². The van der Waals surface area contributed by atoms with Crippen LogP contribution in [-0.2, 0) is 4.79 Å². The van der Waals surface area contributed by atoms with E-state index in [0.29, 0.717) is 12.3 Å². The third-order valence-electron chi connectivity index (χ3n) is 3.44. The van der Waals surface area contributed by atoms with Gasteiger partial charge in [0, 0.05) is 19.0 Å². The highest BCUT2D eigenvalue weighted by Gasteiger charge is 2.33. The van der Waals surface area contributed by atoms with Gasteiger partial charge in [0.2, 0.25) is 5.91 Å². The Morgan fingerprint density at radius 2 is 2.33 bits per heavy atom. The Morgan fingerprint density at radius 1 is 1.56 bits per heavy atom. The Kier molecular flexibility index (Phi) is 4.40. The minimum absolute atomic E-state index is 0.0600. The summed E-state index contributed by atoms with van der Waals surface area (Å²) < 4.78 is 0. The fourth-order valence-electron chi connectivity index (χ4n) is 2.66. The standard InChI is InChI=1S/C14H22N2OS/c1-10(2)8-16-13(17)5-3-4-12(15)14(16)11-6-7-18-9-11/h6-7,9-10,12,14H,3-5,8,15H2,1-2H3. The molecule has 100 valence electrons. The Bertz CT molecular complexity index is 389. The number of thiophene rings is 1. The fourth-order valence-corrected chi connectivity index (χ4v) is 3.35. The molecule has 2 atom stereocenters. The zero-order valence-corrected chi connectivity index (χ0v) is 12.0. The van der Waals surface area contributed by atoms with E-state index in [2.05, 4.69) is 30.7 Å². The molecule has 0 bridgehead atoms. The van der Waals surface area contributed by atoms with Crippen molar-refractivity contribution in [3.8, 4) is 0 Å². The monoisotopic (exact) mass is 266 g/mol. The first-order valence-electron chi connectivity index (χ1n) is 6.66. The first kappa shape index (κ1) is 13.6. The van der Waals surface area contributed by atoms with Crippen molar-refractivity contribution in [3.63, 3.8) is 0 Å². The topological polar surface area (TPSA) is 46.3 Å². The number of hydrogen-bond acceptors (Lipinski definition) is 3. The molecular weight excluding hydrogens is 244 g/mol. The number of hydrogen-bond donors (Lipinski definition) is 1. The van der Waals surface area contributed by atoms with E-state index >= 15 is 0 Å². The van der Waals surface area contributed by atoms with Gasteiger partial charge in [-0.1, -0.05) is 13.8 Å². The lowest BCUT2D eigenvalue weighted by molar-refractivity contribution is -0.133. The molecule has 1 aliphatic rings. The fraction of sp³-hybridized carbons (Fsp3) is 0.643. The molecule has 0 aromatic carbocycles. The number of nitrogens with zero attached hydrogens (tertiary/aromatic N) is 1. The molecule has 0 saturated carbocycles. The molecule has 3 nitrogen and oxygen atoms in total. The summed E-state index contributed by atoms with van der Waals surface area (Å²) in [6.45, 7) is 5.09. The Morgan fingerprint density at radius 3 is 2.94 bits per heavy atom. The number of rotatable bonds is 3. The van der Waals surface area contributed by atoms with Crippen LogP contribution < -0.4 is 5.73 Å². The molecule has 1 aromatic rings. The van der Waals surface area contributed by atoms with Crippen LogP contribution in [0.3, 0.4) is 0 Å². The summed E-state index contributed by atoms with van der Waals surface area (Å²) in [5, 5.41) is 4.18. The zero-order chi connectivity index (χ0) is 13.1. The van der Waals surface area contributed by atoms with Crippen LogP contribution in [0.5, 0.6) is 0 Å². The number of carbonyl (C=O) groups is 1. The van der Waals surface area contributed by atoms with Crippen molar-refractivity contribution < 1.29 is 4.79 Å². The molecule has 1 aliphatic heterocycles. The average Bonchev–Trinajstić information content (AvgIpc) is 2.77. The minimum Gasteiger partial charge on any atom is -0.334 e. The Hall–Kier alpha value is -0.870. The van der Waals surface area contributed by atoms with E-state index < -0.39 is 0 Å². The zero-order valence-electron chi connectivity index (χ0n) is 11.1. The van der Waals surface area contributed by atoms with E-state index in [-0.39, 0.29) is 18.0 Å². The maximum Gasteiger partial charge on any atom is 0.223 e. The highest BCUT2D eigenvalue weighted by Crippen LogP contribution is 2.31. The average molecular weight is 266 g/mol. The maximum atomic E-state index is 12.3. The van der Waals surface area contributed by atoms with Crippen molar-refractivity contribution in [3.05, 3.63) is 22.4 Å². The van der Waals surface area contributed by atoms with Crippen LogP contribution in [0.1, 0.15) is 44.7 Å². The summed E-state index contributed by atoms with van der Waals surface area (Å²) in [4.78, 5) is 14.3. The van der Waals surface area contributed by atoms with Crippen LogP contribution in [0.25, 0.3) is 0 Å². The SMILES string of the molecule is CC(C)CN1C(=O)CCCC(N)C1c1ccsc1. The van der Waals surface area contributed by atoms with Crippen LogP contribution in [0.2, 0.25) is 0 Å². The van der Waals surface area contributed by atoms with Crippen LogP contribution in [0.4, 0.5) is 0 Å². The van der Waals surface area contributed by atoms with Crippen LogP contribution in [0.15, 0.2) is 16.8 Å². The van der Waals surface area contributed by atoms with Gasteiger partial charge in [0.25, 0.3) is 0 Å². The summed E-state index contributed by atoms with van der Waals surface area (Å²) in [7, 11) is 0. The van der Waals surface area contributed by atoms with Gasteiger partial charge in [0.1, 0.15) is 0 Å². The normalized spacial score (nSPS) is 25.6. The van der Waals surface area contributed by atoms with Crippen LogP contribution >= 0.6 is 11.3 Å². The predicted octanol–water partition coefficient (Wildman–Crippen LogP) is 2.79. The van der Waals surface area contributed by atoms with E-state index in [1.165, 1.54) is 5.56 Å². The van der Waals surface area contributed by atoms with Crippen molar-refractivity contribution >= 4 is 17.2 Å². The molecule has 4 heteroatoms. The smallest absolute Gasteiger partial charge is 0.223 e. The van der Waals surface area contributed by atoms with Crippen LogP contribution in [-0.4, -0.2) is 23.4 Å². The molecular formula is C14H22N2OS. The lowest BCUT2D eigenvalue weighted by atomic mass is 9.98. The molecule has 0 aliphatic carbocycles. The molecule has 1 amide bonds. The number of carbonyl (C=O) groups excluding carboxylic acids is 1. The second-order valence-corrected chi connectivity index (χ2v) is 6.28. The molecule has 2 unspecified atom stereocenters. The maximum absolute atomic E-state index is 12.3. The number of likely N-dealkylation sites (tertiary alicyclic amines) is 1. The molecule has 2 rings (SSSR count). The van der Waals surface area contributed by atoms with E-state index in [1.54, 1.807) is 11.3 Å². The predicted molar refractivity (Wildman–Crippen MR) is 75.4 cm³/mol. The first-order chi connectivity index (χ1) is 8.59. The Labute approximate surface area is 113 Å². The van der Waals surface area contributed by atoms with Crippen LogP contribution in [0, 0.1) is 5.92 Å². The summed E-state index contributed by atoms with van der Waals surface area (Å²) in [6.07, 6.45) is 2.48. The van der Waals surface area contributed by atoms with Crippen molar-refractivity contribution in [2.45, 2.75) is 45.2 Å².